The fourth-order valence-electron chi connectivity index (χ4n) is 3.37. The van der Waals surface area contributed by atoms with E-state index in [1.165, 1.54) is 17.3 Å². The summed E-state index contributed by atoms with van der Waals surface area (Å²) in [6, 6.07) is 25.9. The van der Waals surface area contributed by atoms with E-state index in [0.717, 1.165) is 21.3 Å². The predicted octanol–water partition coefficient (Wildman–Crippen LogP) is 6.24. The lowest BCUT2D eigenvalue weighted by Crippen LogP contribution is -2.20. The maximum Gasteiger partial charge on any atom is 0.250 e. The van der Waals surface area contributed by atoms with Gasteiger partial charge in [0.25, 0.3) is 5.91 Å². The maximum atomic E-state index is 12.4. The zero-order valence-corrected chi connectivity index (χ0v) is 22.2. The monoisotopic (exact) mass is 547 g/mol. The molecule has 8 heteroatoms. The molecule has 0 unspecified atom stereocenters. The average Bonchev–Trinajstić information content (AvgIpc) is 3.27. The van der Waals surface area contributed by atoms with Gasteiger partial charge in [0.2, 0.25) is 0 Å². The van der Waals surface area contributed by atoms with E-state index in [1.54, 1.807) is 6.21 Å². The van der Waals surface area contributed by atoms with E-state index in [2.05, 4.69) is 69.6 Å². The molecule has 0 aliphatic rings. The highest BCUT2D eigenvalue weighted by molar-refractivity contribution is 9.10. The minimum Gasteiger partial charge on any atom is -0.272 e. The molecule has 1 aromatic heterocycles. The zero-order valence-electron chi connectivity index (χ0n) is 19.8. The summed E-state index contributed by atoms with van der Waals surface area (Å²) in [7, 11) is 0. The van der Waals surface area contributed by atoms with Crippen LogP contribution in [0.1, 0.15) is 31.9 Å². The van der Waals surface area contributed by atoms with Crippen molar-refractivity contribution in [3.63, 3.8) is 0 Å². The SMILES string of the molecule is CC(C)(C)c1ccc(/C=N/NC(=O)CSc2nnc(-c3ccc(Br)cc3)n2-c2ccccc2)cc1. The van der Waals surface area contributed by atoms with E-state index in [-0.39, 0.29) is 17.1 Å². The van der Waals surface area contributed by atoms with Crippen LogP contribution in [0, 0.1) is 0 Å². The Morgan fingerprint density at radius 3 is 2.34 bits per heavy atom. The molecule has 4 rings (SSSR count). The van der Waals surface area contributed by atoms with E-state index < -0.39 is 0 Å². The van der Waals surface area contributed by atoms with Crippen molar-refractivity contribution in [3.8, 4) is 17.1 Å². The number of hydrazone groups is 1. The number of hydrogen-bond acceptors (Lipinski definition) is 5. The topological polar surface area (TPSA) is 72.2 Å². The van der Waals surface area contributed by atoms with E-state index in [9.17, 15) is 4.79 Å². The molecule has 4 aromatic rings. The average molecular weight is 549 g/mol. The number of amides is 1. The Hall–Kier alpha value is -3.23. The van der Waals surface area contributed by atoms with Crippen LogP contribution in [0.15, 0.2) is 93.6 Å². The maximum absolute atomic E-state index is 12.4. The first-order valence-electron chi connectivity index (χ1n) is 11.1. The number of carbonyl (C=O) groups is 1. The summed E-state index contributed by atoms with van der Waals surface area (Å²) >= 11 is 4.78. The molecule has 0 radical (unpaired) electrons. The molecule has 0 aliphatic carbocycles. The van der Waals surface area contributed by atoms with Crippen LogP contribution in [-0.2, 0) is 10.2 Å². The first-order valence-corrected chi connectivity index (χ1v) is 12.9. The molecule has 1 N–H and O–H groups in total. The second kappa shape index (κ2) is 11.0. The van der Waals surface area contributed by atoms with Crippen LogP contribution in [0.5, 0.6) is 0 Å². The van der Waals surface area contributed by atoms with Gasteiger partial charge in [-0.1, -0.05) is 103 Å². The van der Waals surface area contributed by atoms with Crippen molar-refractivity contribution in [2.75, 3.05) is 5.75 Å². The molecule has 0 atom stereocenters. The zero-order chi connectivity index (χ0) is 24.8. The molecule has 0 aliphatic heterocycles. The molecular weight excluding hydrogens is 522 g/mol. The molecule has 0 saturated heterocycles. The number of thioether (sulfide) groups is 1. The summed E-state index contributed by atoms with van der Waals surface area (Å²) in [6.45, 7) is 6.53. The highest BCUT2D eigenvalue weighted by Gasteiger charge is 2.17. The Bertz CT molecular complexity index is 1310. The molecule has 0 bridgehead atoms. The van der Waals surface area contributed by atoms with Crippen LogP contribution < -0.4 is 5.43 Å². The Kier molecular flexibility index (Phi) is 7.83. The summed E-state index contributed by atoms with van der Waals surface area (Å²) in [6.07, 6.45) is 1.65. The Morgan fingerprint density at radius 2 is 1.69 bits per heavy atom. The van der Waals surface area contributed by atoms with E-state index in [1.807, 2.05) is 71.3 Å². The van der Waals surface area contributed by atoms with Gasteiger partial charge in [-0.25, -0.2) is 5.43 Å². The lowest BCUT2D eigenvalue weighted by molar-refractivity contribution is -0.118. The largest absolute Gasteiger partial charge is 0.272 e. The van der Waals surface area contributed by atoms with Gasteiger partial charge in [0.05, 0.1) is 12.0 Å². The van der Waals surface area contributed by atoms with Crippen molar-refractivity contribution in [3.05, 3.63) is 94.5 Å². The number of nitrogens with zero attached hydrogens (tertiary/aromatic N) is 4. The number of nitrogens with one attached hydrogen (secondary N) is 1. The lowest BCUT2D eigenvalue weighted by Gasteiger charge is -2.18. The number of hydrogen-bond donors (Lipinski definition) is 1. The fourth-order valence-corrected chi connectivity index (χ4v) is 4.38. The van der Waals surface area contributed by atoms with Crippen LogP contribution in [-0.4, -0.2) is 32.6 Å². The third-order valence-electron chi connectivity index (χ3n) is 5.26. The lowest BCUT2D eigenvalue weighted by atomic mass is 9.87. The van der Waals surface area contributed by atoms with Crippen LogP contribution in [0.2, 0.25) is 0 Å². The highest BCUT2D eigenvalue weighted by Crippen LogP contribution is 2.28. The molecule has 0 saturated carbocycles. The number of halogens is 1. The molecule has 178 valence electrons. The van der Waals surface area contributed by atoms with E-state index in [0.29, 0.717) is 11.0 Å². The van der Waals surface area contributed by atoms with Crippen LogP contribution in [0.4, 0.5) is 0 Å². The molecule has 0 fully saturated rings. The summed E-state index contributed by atoms with van der Waals surface area (Å²) in [4.78, 5) is 12.4. The van der Waals surface area contributed by atoms with Crippen LogP contribution >= 0.6 is 27.7 Å². The summed E-state index contributed by atoms with van der Waals surface area (Å²) in [5.41, 5.74) is 6.73. The van der Waals surface area contributed by atoms with Gasteiger partial charge in [0.15, 0.2) is 11.0 Å². The van der Waals surface area contributed by atoms with Gasteiger partial charge in [-0.3, -0.25) is 9.36 Å². The third kappa shape index (κ3) is 6.46. The smallest absolute Gasteiger partial charge is 0.250 e. The fraction of sp³-hybridized carbons (Fsp3) is 0.185. The number of benzene rings is 3. The van der Waals surface area contributed by atoms with E-state index in [4.69, 9.17) is 0 Å². The summed E-state index contributed by atoms with van der Waals surface area (Å²) in [5, 5.41) is 13.5. The Balaban J connectivity index is 1.44. The Morgan fingerprint density at radius 1 is 1.00 bits per heavy atom. The van der Waals surface area contributed by atoms with Crippen molar-refractivity contribution < 1.29 is 4.79 Å². The van der Waals surface area contributed by atoms with Crippen molar-refractivity contribution in [2.24, 2.45) is 5.10 Å². The van der Waals surface area contributed by atoms with Gasteiger partial charge in [-0.2, -0.15) is 5.10 Å². The van der Waals surface area contributed by atoms with E-state index >= 15 is 0 Å². The van der Waals surface area contributed by atoms with Gasteiger partial charge in [0, 0.05) is 15.7 Å². The van der Waals surface area contributed by atoms with Crippen LogP contribution in [0.3, 0.4) is 0 Å². The third-order valence-corrected chi connectivity index (χ3v) is 6.72. The minimum atomic E-state index is -0.217. The van der Waals surface area contributed by atoms with Crippen molar-refractivity contribution >= 4 is 39.8 Å². The molecule has 6 nitrogen and oxygen atoms in total. The quantitative estimate of drug-likeness (QED) is 0.169. The van der Waals surface area contributed by atoms with Crippen molar-refractivity contribution in [1.82, 2.24) is 20.2 Å². The molecule has 1 heterocycles. The first-order chi connectivity index (χ1) is 16.8. The van der Waals surface area contributed by atoms with Gasteiger partial charge < -0.3 is 0 Å². The number of para-hydroxylation sites is 1. The number of aromatic nitrogens is 3. The van der Waals surface area contributed by atoms with Gasteiger partial charge in [-0.15, -0.1) is 10.2 Å². The molecule has 0 spiro atoms. The molecule has 35 heavy (non-hydrogen) atoms. The van der Waals surface area contributed by atoms with Crippen LogP contribution in [0.25, 0.3) is 17.1 Å². The highest BCUT2D eigenvalue weighted by atomic mass is 79.9. The minimum absolute atomic E-state index is 0.0959. The first kappa shape index (κ1) is 24.9. The Labute approximate surface area is 218 Å². The standard InChI is InChI=1S/C27H26BrN5OS/c1-27(2,3)21-13-9-19(10-14-21)17-29-30-24(34)18-35-26-32-31-25(20-11-15-22(28)16-12-20)33(26)23-7-5-4-6-8-23/h4-17H,18H2,1-3H3,(H,30,34)/b29-17+. The predicted molar refractivity (Wildman–Crippen MR) is 146 cm³/mol. The molecular formula is C27H26BrN5OS. The second-order valence-electron chi connectivity index (χ2n) is 8.94. The second-order valence-corrected chi connectivity index (χ2v) is 10.8. The van der Waals surface area contributed by atoms with Crippen molar-refractivity contribution in [1.29, 1.82) is 0 Å². The van der Waals surface area contributed by atoms with Gasteiger partial charge in [-0.05, 0) is 40.8 Å². The van der Waals surface area contributed by atoms with Gasteiger partial charge in [0.1, 0.15) is 0 Å². The molecule has 1 amide bonds. The number of rotatable bonds is 7. The van der Waals surface area contributed by atoms with Gasteiger partial charge >= 0.3 is 0 Å². The summed E-state index contributed by atoms with van der Waals surface area (Å²) < 4.78 is 2.95. The normalized spacial score (nSPS) is 11.7. The number of carbonyl (C=O) groups excluding carboxylic acids is 1. The van der Waals surface area contributed by atoms with Crippen molar-refractivity contribution in [2.45, 2.75) is 31.3 Å². The summed E-state index contributed by atoms with van der Waals surface area (Å²) in [5.74, 6) is 0.653. The molecule has 3 aromatic carbocycles.